The van der Waals surface area contributed by atoms with Crippen molar-refractivity contribution in [3.05, 3.63) is 21.6 Å². The largest absolute Gasteiger partial charge is 0.379 e. The van der Waals surface area contributed by atoms with E-state index in [9.17, 15) is 4.79 Å². The molecule has 2 atom stereocenters. The number of hydrogen-bond acceptors (Lipinski definition) is 3. The fourth-order valence-electron chi connectivity index (χ4n) is 3.02. The van der Waals surface area contributed by atoms with E-state index >= 15 is 0 Å². The first-order chi connectivity index (χ1) is 9.67. The van der Waals surface area contributed by atoms with Crippen LogP contribution < -0.4 is 10.9 Å². The van der Waals surface area contributed by atoms with Crippen LogP contribution >= 0.6 is 11.6 Å². The average molecular weight is 298 g/mol. The lowest BCUT2D eigenvalue weighted by molar-refractivity contribution is 0.317. The third-order valence-corrected chi connectivity index (χ3v) is 4.56. The van der Waals surface area contributed by atoms with E-state index in [1.807, 2.05) is 6.92 Å². The first-order valence-electron chi connectivity index (χ1n) is 7.69. The predicted molar refractivity (Wildman–Crippen MR) is 83.5 cm³/mol. The molecule has 0 spiro atoms. The number of anilines is 1. The highest BCUT2D eigenvalue weighted by atomic mass is 35.5. The molecule has 1 fully saturated rings. The number of nitrogens with zero attached hydrogens (tertiary/aromatic N) is 2. The van der Waals surface area contributed by atoms with Crippen molar-refractivity contribution in [2.75, 3.05) is 5.32 Å². The number of nitrogens with one attached hydrogen (secondary N) is 1. The molecule has 1 N–H and O–H groups in total. The molecule has 2 rings (SSSR count). The summed E-state index contributed by atoms with van der Waals surface area (Å²) in [6.45, 7) is 4.85. The molecule has 0 aromatic carbocycles. The molecule has 0 bridgehead atoms. The highest BCUT2D eigenvalue weighted by molar-refractivity contribution is 6.32. The van der Waals surface area contributed by atoms with Gasteiger partial charge in [-0.2, -0.15) is 5.10 Å². The Morgan fingerprint density at radius 1 is 1.40 bits per heavy atom. The van der Waals surface area contributed by atoms with Crippen LogP contribution in [0.1, 0.15) is 52.4 Å². The van der Waals surface area contributed by atoms with Crippen molar-refractivity contribution in [2.45, 2.75) is 65.0 Å². The predicted octanol–water partition coefficient (Wildman–Crippen LogP) is 3.69. The SMILES string of the molecule is CCCn1ncc(NC2CCCCC2CC)c(Cl)c1=O. The van der Waals surface area contributed by atoms with Crippen molar-refractivity contribution in [3.63, 3.8) is 0 Å². The lowest BCUT2D eigenvalue weighted by Crippen LogP contribution is -2.33. The summed E-state index contributed by atoms with van der Waals surface area (Å²) in [6, 6.07) is 0.412. The zero-order chi connectivity index (χ0) is 14.5. The zero-order valence-electron chi connectivity index (χ0n) is 12.4. The van der Waals surface area contributed by atoms with Gasteiger partial charge in [0.05, 0.1) is 11.9 Å². The number of hydrogen-bond donors (Lipinski definition) is 1. The molecule has 1 aliphatic carbocycles. The molecular weight excluding hydrogens is 274 g/mol. The molecule has 0 saturated heterocycles. The summed E-state index contributed by atoms with van der Waals surface area (Å²) in [5.74, 6) is 0.665. The Kier molecular flexibility index (Phi) is 5.46. The van der Waals surface area contributed by atoms with Gasteiger partial charge in [0, 0.05) is 12.6 Å². The maximum atomic E-state index is 12.1. The maximum Gasteiger partial charge on any atom is 0.287 e. The molecule has 2 unspecified atom stereocenters. The lowest BCUT2D eigenvalue weighted by Gasteiger charge is -2.32. The van der Waals surface area contributed by atoms with Gasteiger partial charge in [-0.1, -0.05) is 44.7 Å². The highest BCUT2D eigenvalue weighted by Crippen LogP contribution is 2.30. The summed E-state index contributed by atoms with van der Waals surface area (Å²) in [7, 11) is 0. The summed E-state index contributed by atoms with van der Waals surface area (Å²) in [5.41, 5.74) is 0.497. The topological polar surface area (TPSA) is 46.9 Å². The van der Waals surface area contributed by atoms with E-state index in [0.717, 1.165) is 19.3 Å². The van der Waals surface area contributed by atoms with Gasteiger partial charge < -0.3 is 5.32 Å². The Bertz CT molecular complexity index is 500. The number of aryl methyl sites for hydroxylation is 1. The van der Waals surface area contributed by atoms with Crippen LogP contribution in [0.4, 0.5) is 5.69 Å². The van der Waals surface area contributed by atoms with E-state index in [1.54, 1.807) is 6.20 Å². The van der Waals surface area contributed by atoms with E-state index in [0.29, 0.717) is 24.2 Å². The van der Waals surface area contributed by atoms with Gasteiger partial charge in [-0.15, -0.1) is 0 Å². The molecule has 0 amide bonds. The number of rotatable bonds is 5. The fourth-order valence-corrected chi connectivity index (χ4v) is 3.22. The second kappa shape index (κ2) is 7.11. The molecule has 20 heavy (non-hydrogen) atoms. The monoisotopic (exact) mass is 297 g/mol. The normalized spacial score (nSPS) is 22.8. The Morgan fingerprint density at radius 3 is 2.85 bits per heavy atom. The van der Waals surface area contributed by atoms with Crippen LogP contribution in [0, 0.1) is 5.92 Å². The van der Waals surface area contributed by atoms with Gasteiger partial charge >= 0.3 is 0 Å². The molecule has 112 valence electrons. The molecule has 1 aliphatic rings. The lowest BCUT2D eigenvalue weighted by atomic mass is 9.83. The molecule has 1 aromatic heterocycles. The second-order valence-corrected chi connectivity index (χ2v) is 5.98. The van der Waals surface area contributed by atoms with Crippen LogP contribution in [0.25, 0.3) is 0 Å². The maximum absolute atomic E-state index is 12.1. The van der Waals surface area contributed by atoms with Crippen molar-refractivity contribution in [1.29, 1.82) is 0 Å². The van der Waals surface area contributed by atoms with Gasteiger partial charge in [0.2, 0.25) is 0 Å². The van der Waals surface area contributed by atoms with Crippen molar-refractivity contribution < 1.29 is 0 Å². The van der Waals surface area contributed by atoms with Crippen LogP contribution in [-0.4, -0.2) is 15.8 Å². The third-order valence-electron chi connectivity index (χ3n) is 4.19. The zero-order valence-corrected chi connectivity index (χ0v) is 13.1. The highest BCUT2D eigenvalue weighted by Gasteiger charge is 2.24. The quantitative estimate of drug-likeness (QED) is 0.901. The van der Waals surface area contributed by atoms with Gasteiger partial charge in [0.25, 0.3) is 5.56 Å². The van der Waals surface area contributed by atoms with E-state index in [-0.39, 0.29) is 10.6 Å². The average Bonchev–Trinajstić information content (AvgIpc) is 2.47. The molecule has 0 aliphatic heterocycles. The van der Waals surface area contributed by atoms with Crippen molar-refractivity contribution >= 4 is 17.3 Å². The first-order valence-corrected chi connectivity index (χ1v) is 8.07. The van der Waals surface area contributed by atoms with Crippen LogP contribution in [-0.2, 0) is 6.54 Å². The van der Waals surface area contributed by atoms with Gasteiger partial charge in [-0.25, -0.2) is 4.68 Å². The minimum atomic E-state index is -0.192. The van der Waals surface area contributed by atoms with Crippen LogP contribution in [0.2, 0.25) is 5.02 Å². The van der Waals surface area contributed by atoms with E-state index in [1.165, 1.54) is 23.9 Å². The van der Waals surface area contributed by atoms with Gasteiger partial charge in [0.15, 0.2) is 0 Å². The minimum Gasteiger partial charge on any atom is -0.379 e. The standard InChI is InChI=1S/C15H24ClN3O/c1-3-9-19-15(20)14(16)13(10-17-19)18-12-8-6-5-7-11(12)4-2/h10-12,18H,3-9H2,1-2H3. The summed E-state index contributed by atoms with van der Waals surface area (Å²) in [5, 5.41) is 7.93. The fraction of sp³-hybridized carbons (Fsp3) is 0.733. The number of aromatic nitrogens is 2. The Balaban J connectivity index is 2.17. The molecule has 5 heteroatoms. The van der Waals surface area contributed by atoms with E-state index in [4.69, 9.17) is 11.6 Å². The van der Waals surface area contributed by atoms with Crippen molar-refractivity contribution in [3.8, 4) is 0 Å². The van der Waals surface area contributed by atoms with Gasteiger partial charge in [0.1, 0.15) is 5.02 Å². The molecule has 1 aromatic rings. The van der Waals surface area contributed by atoms with E-state index < -0.39 is 0 Å². The summed E-state index contributed by atoms with van der Waals surface area (Å²) < 4.78 is 1.44. The first kappa shape index (κ1) is 15.4. The Hall–Kier alpha value is -1.03. The van der Waals surface area contributed by atoms with Crippen LogP contribution in [0.3, 0.4) is 0 Å². The Morgan fingerprint density at radius 2 is 2.15 bits per heavy atom. The Labute approximate surface area is 125 Å². The third kappa shape index (κ3) is 3.35. The summed E-state index contributed by atoms with van der Waals surface area (Å²) in [6.07, 6.45) is 8.68. The van der Waals surface area contributed by atoms with Crippen molar-refractivity contribution in [1.82, 2.24) is 9.78 Å². The van der Waals surface area contributed by atoms with E-state index in [2.05, 4.69) is 17.3 Å². The second-order valence-electron chi connectivity index (χ2n) is 5.60. The summed E-state index contributed by atoms with van der Waals surface area (Å²) in [4.78, 5) is 12.1. The molecule has 0 radical (unpaired) electrons. The van der Waals surface area contributed by atoms with Crippen LogP contribution in [0.15, 0.2) is 11.0 Å². The minimum absolute atomic E-state index is 0.192. The van der Waals surface area contributed by atoms with Gasteiger partial charge in [-0.3, -0.25) is 4.79 Å². The molecule has 1 heterocycles. The molecule has 4 nitrogen and oxygen atoms in total. The molecule has 1 saturated carbocycles. The molecular formula is C15H24ClN3O. The smallest absolute Gasteiger partial charge is 0.287 e. The van der Waals surface area contributed by atoms with Crippen LogP contribution in [0.5, 0.6) is 0 Å². The summed E-state index contributed by atoms with van der Waals surface area (Å²) >= 11 is 6.21. The van der Waals surface area contributed by atoms with Crippen molar-refractivity contribution in [2.24, 2.45) is 5.92 Å². The number of halogens is 1. The van der Waals surface area contributed by atoms with Gasteiger partial charge in [-0.05, 0) is 25.2 Å².